The van der Waals surface area contributed by atoms with Crippen LogP contribution in [0, 0.1) is 5.92 Å². The number of nitrogens with zero attached hydrogens (tertiary/aromatic N) is 1. The highest BCUT2D eigenvalue weighted by molar-refractivity contribution is 5.86. The number of hydrogen-bond acceptors (Lipinski definition) is 4. The molecular weight excluding hydrogens is 363 g/mol. The van der Waals surface area contributed by atoms with Crippen molar-refractivity contribution < 1.29 is 27.5 Å². The lowest BCUT2D eigenvalue weighted by Crippen LogP contribution is -2.48. The number of amides is 1. The number of nitrogens with one attached hydrogen (secondary N) is 2. The van der Waals surface area contributed by atoms with Gasteiger partial charge in [-0.05, 0) is 18.9 Å². The van der Waals surface area contributed by atoms with Crippen LogP contribution in [-0.4, -0.2) is 40.9 Å². The molecule has 1 aromatic heterocycles. The van der Waals surface area contributed by atoms with E-state index in [1.165, 1.54) is 0 Å². The second kappa shape index (κ2) is 7.98. The van der Waals surface area contributed by atoms with Gasteiger partial charge in [0.05, 0.1) is 23.5 Å². The second-order valence-electron chi connectivity index (χ2n) is 6.66. The molecule has 0 unspecified atom stereocenters. The van der Waals surface area contributed by atoms with Crippen LogP contribution in [-0.2, 0) is 20.7 Å². The highest BCUT2D eigenvalue weighted by Crippen LogP contribution is 2.37. The predicted octanol–water partition coefficient (Wildman–Crippen LogP) is 2.89. The number of benzene rings is 1. The Morgan fingerprint density at radius 2 is 1.96 bits per heavy atom. The highest BCUT2D eigenvalue weighted by atomic mass is 19.4. The molecule has 0 radical (unpaired) electrons. The minimum atomic E-state index is -4.35. The summed E-state index contributed by atoms with van der Waals surface area (Å²) in [5.74, 6) is -2.93. The van der Waals surface area contributed by atoms with Crippen LogP contribution < -0.4 is 5.32 Å². The van der Waals surface area contributed by atoms with Gasteiger partial charge < -0.3 is 10.1 Å². The first kappa shape index (κ1) is 19.2. The van der Waals surface area contributed by atoms with Gasteiger partial charge in [0.25, 0.3) is 5.91 Å². The fraction of sp³-hybridized carbons (Fsp3) is 0.500. The van der Waals surface area contributed by atoms with Crippen LogP contribution in [0.1, 0.15) is 31.4 Å². The van der Waals surface area contributed by atoms with Crippen molar-refractivity contribution in [3.8, 4) is 0 Å². The summed E-state index contributed by atoms with van der Waals surface area (Å²) in [6, 6.07) is 6.24. The van der Waals surface area contributed by atoms with Crippen LogP contribution in [0.15, 0.2) is 24.3 Å². The third kappa shape index (κ3) is 4.78. The van der Waals surface area contributed by atoms with Gasteiger partial charge in [0.15, 0.2) is 6.61 Å². The molecule has 0 saturated heterocycles. The van der Waals surface area contributed by atoms with Crippen molar-refractivity contribution >= 4 is 22.8 Å². The fourth-order valence-corrected chi connectivity index (χ4v) is 3.43. The van der Waals surface area contributed by atoms with Gasteiger partial charge in [0.1, 0.15) is 0 Å². The van der Waals surface area contributed by atoms with Crippen LogP contribution in [0.2, 0.25) is 0 Å². The fourth-order valence-electron chi connectivity index (χ4n) is 3.43. The Bertz CT molecular complexity index is 819. The van der Waals surface area contributed by atoms with E-state index in [9.17, 15) is 22.8 Å². The molecule has 2 atom stereocenters. The first-order valence-electron chi connectivity index (χ1n) is 8.78. The van der Waals surface area contributed by atoms with Crippen molar-refractivity contribution in [1.29, 1.82) is 0 Å². The van der Waals surface area contributed by atoms with E-state index in [-0.39, 0.29) is 19.3 Å². The second-order valence-corrected chi connectivity index (χ2v) is 6.66. The largest absolute Gasteiger partial charge is 0.455 e. The molecule has 1 heterocycles. The number of halogens is 3. The highest BCUT2D eigenvalue weighted by Gasteiger charge is 2.45. The third-order valence-electron chi connectivity index (χ3n) is 4.76. The van der Waals surface area contributed by atoms with Gasteiger partial charge in [-0.15, -0.1) is 0 Å². The number of ether oxygens (including phenoxy) is 1. The predicted molar refractivity (Wildman–Crippen MR) is 90.7 cm³/mol. The van der Waals surface area contributed by atoms with Crippen molar-refractivity contribution in [3.05, 3.63) is 30.0 Å². The van der Waals surface area contributed by atoms with Gasteiger partial charge in [0.2, 0.25) is 0 Å². The summed E-state index contributed by atoms with van der Waals surface area (Å²) in [5, 5.41) is 9.94. The summed E-state index contributed by atoms with van der Waals surface area (Å²) in [4.78, 5) is 23.9. The lowest BCUT2D eigenvalue weighted by Gasteiger charge is -2.33. The molecule has 1 saturated carbocycles. The molecule has 3 rings (SSSR count). The quantitative estimate of drug-likeness (QED) is 0.778. The van der Waals surface area contributed by atoms with Crippen molar-refractivity contribution in [2.24, 2.45) is 5.92 Å². The molecule has 1 aliphatic carbocycles. The molecule has 2 aromatic rings. The summed E-state index contributed by atoms with van der Waals surface area (Å²) in [6.07, 6.45) is -3.07. The molecule has 0 aliphatic heterocycles. The Labute approximate surface area is 153 Å². The summed E-state index contributed by atoms with van der Waals surface area (Å²) in [7, 11) is 0. The number of para-hydroxylation sites is 1. The van der Waals surface area contributed by atoms with Gasteiger partial charge in [0, 0.05) is 11.4 Å². The Balaban J connectivity index is 1.50. The van der Waals surface area contributed by atoms with Crippen molar-refractivity contribution in [3.63, 3.8) is 0 Å². The zero-order valence-corrected chi connectivity index (χ0v) is 14.5. The number of aromatic nitrogens is 2. The monoisotopic (exact) mass is 383 g/mol. The molecule has 6 nitrogen and oxygen atoms in total. The number of hydrogen-bond donors (Lipinski definition) is 2. The van der Waals surface area contributed by atoms with E-state index < -0.39 is 36.6 Å². The average Bonchev–Trinajstić information content (AvgIpc) is 3.03. The van der Waals surface area contributed by atoms with E-state index in [2.05, 4.69) is 15.5 Å². The van der Waals surface area contributed by atoms with Crippen molar-refractivity contribution in [1.82, 2.24) is 15.5 Å². The molecule has 1 aliphatic rings. The SMILES string of the molecule is O=C(COC(=O)Cc1[nH]nc2ccccc12)N[C@@H]1CCCC[C@@H]1C(F)(F)F. The summed E-state index contributed by atoms with van der Waals surface area (Å²) < 4.78 is 44.1. The molecule has 27 heavy (non-hydrogen) atoms. The van der Waals surface area contributed by atoms with Gasteiger partial charge in [-0.1, -0.05) is 31.0 Å². The standard InChI is InChI=1S/C18H20F3N3O3/c19-18(20,21)12-6-2-4-8-14(12)22-16(25)10-27-17(26)9-15-11-5-1-3-7-13(11)23-24-15/h1,3,5,7,12,14H,2,4,6,8-10H2,(H,22,25)(H,23,24)/t12-,14+/m0/s1. The summed E-state index contributed by atoms with van der Waals surface area (Å²) in [6.45, 7) is -0.605. The number of alkyl halides is 3. The van der Waals surface area contributed by atoms with E-state index in [0.717, 1.165) is 5.39 Å². The number of carbonyl (C=O) groups excluding carboxylic acids is 2. The van der Waals surface area contributed by atoms with E-state index in [1.54, 1.807) is 18.2 Å². The molecule has 9 heteroatoms. The van der Waals surface area contributed by atoms with Crippen LogP contribution in [0.3, 0.4) is 0 Å². The molecule has 1 amide bonds. The molecule has 0 spiro atoms. The van der Waals surface area contributed by atoms with Gasteiger partial charge in [-0.2, -0.15) is 18.3 Å². The van der Waals surface area contributed by atoms with E-state index in [4.69, 9.17) is 4.74 Å². The molecule has 0 bridgehead atoms. The van der Waals surface area contributed by atoms with Crippen LogP contribution >= 0.6 is 0 Å². The lowest BCUT2D eigenvalue weighted by atomic mass is 9.84. The number of fused-ring (bicyclic) bond motifs is 1. The minimum absolute atomic E-state index is 0.00112. The normalized spacial score (nSPS) is 20.4. The van der Waals surface area contributed by atoms with Gasteiger partial charge in [-0.3, -0.25) is 14.7 Å². The number of rotatable bonds is 5. The Morgan fingerprint density at radius 3 is 2.74 bits per heavy atom. The number of carbonyl (C=O) groups is 2. The lowest BCUT2D eigenvalue weighted by molar-refractivity contribution is -0.189. The summed E-state index contributed by atoms with van der Waals surface area (Å²) >= 11 is 0. The first-order valence-corrected chi connectivity index (χ1v) is 8.78. The number of esters is 1. The maximum atomic E-state index is 13.0. The minimum Gasteiger partial charge on any atom is -0.455 e. The maximum Gasteiger partial charge on any atom is 0.393 e. The number of aromatic amines is 1. The van der Waals surface area contributed by atoms with Crippen LogP contribution in [0.25, 0.3) is 10.9 Å². The topological polar surface area (TPSA) is 84.1 Å². The Hall–Kier alpha value is -2.58. The van der Waals surface area contributed by atoms with Gasteiger partial charge in [-0.25, -0.2) is 0 Å². The smallest absolute Gasteiger partial charge is 0.393 e. The zero-order chi connectivity index (χ0) is 19.4. The van der Waals surface area contributed by atoms with Gasteiger partial charge >= 0.3 is 12.1 Å². The van der Waals surface area contributed by atoms with E-state index in [1.807, 2.05) is 6.07 Å². The Kier molecular flexibility index (Phi) is 5.67. The molecular formula is C18H20F3N3O3. The molecule has 2 N–H and O–H groups in total. The maximum absolute atomic E-state index is 13.0. The van der Waals surface area contributed by atoms with Crippen molar-refractivity contribution in [2.45, 2.75) is 44.3 Å². The van der Waals surface area contributed by atoms with Crippen molar-refractivity contribution in [2.75, 3.05) is 6.61 Å². The molecule has 1 fully saturated rings. The summed E-state index contributed by atoms with van der Waals surface area (Å²) in [5.41, 5.74) is 1.26. The molecule has 1 aromatic carbocycles. The van der Waals surface area contributed by atoms with Crippen LogP contribution in [0.5, 0.6) is 0 Å². The Morgan fingerprint density at radius 1 is 1.22 bits per heavy atom. The number of H-pyrrole nitrogens is 1. The first-order chi connectivity index (χ1) is 12.8. The van der Waals surface area contributed by atoms with E-state index in [0.29, 0.717) is 24.1 Å². The average molecular weight is 383 g/mol. The third-order valence-corrected chi connectivity index (χ3v) is 4.76. The zero-order valence-electron chi connectivity index (χ0n) is 14.5. The molecule has 146 valence electrons. The van der Waals surface area contributed by atoms with Crippen LogP contribution in [0.4, 0.5) is 13.2 Å². The van der Waals surface area contributed by atoms with E-state index >= 15 is 0 Å².